The molecule has 0 aliphatic heterocycles. The number of rotatable bonds is 4. The monoisotopic (exact) mass is 417 g/mol. The lowest BCUT2D eigenvalue weighted by atomic mass is 10.2. The Labute approximate surface area is 157 Å². The SMILES string of the molecule is O=S(=O)(c1ccccc1)c1ccc(Cc2ncc(C(F)(F)F)cc2Cl)s1. The Morgan fingerprint density at radius 3 is 2.38 bits per heavy atom. The molecule has 0 bridgehead atoms. The number of hydrogen-bond acceptors (Lipinski definition) is 4. The zero-order valence-electron chi connectivity index (χ0n) is 13.0. The quantitative estimate of drug-likeness (QED) is 0.583. The molecule has 0 unspecified atom stereocenters. The van der Waals surface area contributed by atoms with Gasteiger partial charge >= 0.3 is 6.18 Å². The lowest BCUT2D eigenvalue weighted by molar-refractivity contribution is -0.137. The van der Waals surface area contributed by atoms with Gasteiger partial charge in [-0.1, -0.05) is 29.8 Å². The number of thiophene rings is 1. The van der Waals surface area contributed by atoms with Crippen LogP contribution in [0.2, 0.25) is 5.02 Å². The van der Waals surface area contributed by atoms with Gasteiger partial charge in [-0.05, 0) is 30.3 Å². The Morgan fingerprint density at radius 2 is 1.77 bits per heavy atom. The highest BCUT2D eigenvalue weighted by Crippen LogP contribution is 2.33. The first kappa shape index (κ1) is 18.9. The molecule has 0 saturated heterocycles. The fourth-order valence-corrected chi connectivity index (χ4v) is 5.25. The smallest absolute Gasteiger partial charge is 0.259 e. The van der Waals surface area contributed by atoms with Crippen LogP contribution >= 0.6 is 22.9 Å². The Kier molecular flexibility index (Phi) is 5.09. The zero-order valence-corrected chi connectivity index (χ0v) is 15.4. The second-order valence-corrected chi connectivity index (χ2v) is 9.12. The number of aromatic nitrogens is 1. The van der Waals surface area contributed by atoms with Crippen LogP contribution in [0.5, 0.6) is 0 Å². The summed E-state index contributed by atoms with van der Waals surface area (Å²) in [5, 5.41) is -0.110. The van der Waals surface area contributed by atoms with Gasteiger partial charge in [0.1, 0.15) is 4.21 Å². The van der Waals surface area contributed by atoms with Crippen molar-refractivity contribution in [2.75, 3.05) is 0 Å². The lowest BCUT2D eigenvalue weighted by Crippen LogP contribution is -2.06. The molecule has 0 spiro atoms. The summed E-state index contributed by atoms with van der Waals surface area (Å²) in [6.45, 7) is 0. The van der Waals surface area contributed by atoms with E-state index in [-0.39, 0.29) is 26.2 Å². The van der Waals surface area contributed by atoms with E-state index in [9.17, 15) is 21.6 Å². The van der Waals surface area contributed by atoms with Gasteiger partial charge in [0.05, 0.1) is 21.2 Å². The van der Waals surface area contributed by atoms with Crippen molar-refractivity contribution in [1.29, 1.82) is 0 Å². The Hall–Kier alpha value is -1.90. The molecule has 9 heteroatoms. The van der Waals surface area contributed by atoms with Crippen molar-refractivity contribution in [3.05, 3.63) is 75.9 Å². The molecule has 2 heterocycles. The molecular weight excluding hydrogens is 407 g/mol. The van der Waals surface area contributed by atoms with E-state index in [0.29, 0.717) is 4.88 Å². The van der Waals surface area contributed by atoms with Crippen LogP contribution in [0.15, 0.2) is 63.8 Å². The number of nitrogens with zero attached hydrogens (tertiary/aromatic N) is 1. The third-order valence-corrected chi connectivity index (χ3v) is 7.22. The van der Waals surface area contributed by atoms with Crippen LogP contribution in [-0.2, 0) is 22.4 Å². The van der Waals surface area contributed by atoms with Gasteiger partial charge in [0.25, 0.3) is 0 Å². The summed E-state index contributed by atoms with van der Waals surface area (Å²) in [6.07, 6.45) is -3.66. The topological polar surface area (TPSA) is 47.0 Å². The molecule has 0 radical (unpaired) electrons. The van der Waals surface area contributed by atoms with Crippen LogP contribution in [0.1, 0.15) is 16.1 Å². The molecule has 0 aliphatic rings. The third kappa shape index (κ3) is 3.92. The average molecular weight is 418 g/mol. The number of hydrogen-bond donors (Lipinski definition) is 0. The van der Waals surface area contributed by atoms with Crippen LogP contribution < -0.4 is 0 Å². The van der Waals surface area contributed by atoms with Gasteiger partial charge in [-0.15, -0.1) is 11.3 Å². The number of pyridine rings is 1. The van der Waals surface area contributed by atoms with Gasteiger partial charge < -0.3 is 0 Å². The van der Waals surface area contributed by atoms with Crippen LogP contribution in [0.3, 0.4) is 0 Å². The lowest BCUT2D eigenvalue weighted by Gasteiger charge is -2.08. The molecule has 26 heavy (non-hydrogen) atoms. The van der Waals surface area contributed by atoms with Gasteiger partial charge in [0.15, 0.2) is 0 Å². The predicted molar refractivity (Wildman–Crippen MR) is 93.3 cm³/mol. The van der Waals surface area contributed by atoms with E-state index in [1.54, 1.807) is 24.3 Å². The molecule has 3 rings (SSSR count). The molecule has 1 aromatic carbocycles. The minimum atomic E-state index is -4.52. The minimum absolute atomic E-state index is 0.110. The third-order valence-electron chi connectivity index (χ3n) is 3.54. The molecule has 0 aliphatic carbocycles. The fraction of sp³-hybridized carbons (Fsp3) is 0.118. The summed E-state index contributed by atoms with van der Waals surface area (Å²) < 4.78 is 63.3. The van der Waals surface area contributed by atoms with Gasteiger partial charge in [0, 0.05) is 17.5 Å². The predicted octanol–water partition coefficient (Wildman–Crippen LogP) is 5.24. The molecule has 0 N–H and O–H groups in total. The molecule has 136 valence electrons. The maximum atomic E-state index is 12.7. The van der Waals surface area contributed by atoms with E-state index >= 15 is 0 Å². The maximum absolute atomic E-state index is 12.7. The number of sulfone groups is 1. The summed E-state index contributed by atoms with van der Waals surface area (Å²) in [4.78, 5) is 4.59. The molecule has 0 saturated carbocycles. The van der Waals surface area contributed by atoms with Gasteiger partial charge in [0.2, 0.25) is 9.84 Å². The largest absolute Gasteiger partial charge is 0.417 e. The van der Waals surface area contributed by atoms with E-state index in [1.807, 2.05) is 0 Å². The molecule has 2 aromatic heterocycles. The van der Waals surface area contributed by atoms with Gasteiger partial charge in [-0.2, -0.15) is 13.2 Å². The number of benzene rings is 1. The van der Waals surface area contributed by atoms with Crippen molar-refractivity contribution >= 4 is 32.8 Å². The first-order valence-corrected chi connectivity index (χ1v) is 9.96. The Balaban J connectivity index is 1.86. The molecular formula is C17H11ClF3NO2S2. The molecule has 0 amide bonds. The van der Waals surface area contributed by atoms with E-state index in [0.717, 1.165) is 23.6 Å². The summed E-state index contributed by atoms with van der Waals surface area (Å²) in [6, 6.07) is 11.9. The molecule has 0 atom stereocenters. The first-order chi connectivity index (χ1) is 12.2. The van der Waals surface area contributed by atoms with Crippen molar-refractivity contribution in [1.82, 2.24) is 4.98 Å². The van der Waals surface area contributed by atoms with E-state index in [1.165, 1.54) is 18.2 Å². The van der Waals surface area contributed by atoms with Crippen LogP contribution in [-0.4, -0.2) is 13.4 Å². The standard InChI is InChI=1S/C17H11ClF3NO2S2/c18-14-8-11(17(19,20)21)10-22-15(14)9-12-6-7-16(25-12)26(23,24)13-4-2-1-3-5-13/h1-8,10H,9H2. The number of alkyl halides is 3. The molecule has 3 nitrogen and oxygen atoms in total. The Morgan fingerprint density at radius 1 is 1.08 bits per heavy atom. The van der Waals surface area contributed by atoms with Crippen LogP contribution in [0.4, 0.5) is 13.2 Å². The highest BCUT2D eigenvalue weighted by atomic mass is 35.5. The van der Waals surface area contributed by atoms with E-state index in [4.69, 9.17) is 11.6 Å². The highest BCUT2D eigenvalue weighted by molar-refractivity contribution is 7.93. The summed E-state index contributed by atoms with van der Waals surface area (Å²) in [5.41, 5.74) is -0.671. The average Bonchev–Trinajstić information content (AvgIpc) is 3.06. The van der Waals surface area contributed by atoms with Crippen LogP contribution in [0.25, 0.3) is 0 Å². The van der Waals surface area contributed by atoms with Crippen molar-refractivity contribution in [2.24, 2.45) is 0 Å². The normalized spacial score (nSPS) is 12.3. The molecule has 3 aromatic rings. The Bertz CT molecular complexity index is 1030. The van der Waals surface area contributed by atoms with Crippen molar-refractivity contribution in [3.8, 4) is 0 Å². The van der Waals surface area contributed by atoms with E-state index < -0.39 is 21.6 Å². The zero-order chi connectivity index (χ0) is 18.9. The van der Waals surface area contributed by atoms with Gasteiger partial charge in [-0.3, -0.25) is 4.98 Å². The highest BCUT2D eigenvalue weighted by Gasteiger charge is 2.31. The maximum Gasteiger partial charge on any atom is 0.417 e. The van der Waals surface area contributed by atoms with Crippen LogP contribution in [0, 0.1) is 0 Å². The second kappa shape index (κ2) is 7.02. The second-order valence-electron chi connectivity index (χ2n) is 5.36. The van der Waals surface area contributed by atoms with Crippen molar-refractivity contribution < 1.29 is 21.6 Å². The summed E-state index contributed by atoms with van der Waals surface area (Å²) in [7, 11) is -3.63. The molecule has 0 fully saturated rings. The minimum Gasteiger partial charge on any atom is -0.259 e. The first-order valence-electron chi connectivity index (χ1n) is 7.28. The fourth-order valence-electron chi connectivity index (χ4n) is 2.23. The summed E-state index contributed by atoms with van der Waals surface area (Å²) in [5.74, 6) is 0. The van der Waals surface area contributed by atoms with E-state index in [2.05, 4.69) is 4.98 Å². The van der Waals surface area contributed by atoms with Crippen molar-refractivity contribution in [2.45, 2.75) is 21.7 Å². The summed E-state index contributed by atoms with van der Waals surface area (Å²) >= 11 is 6.94. The van der Waals surface area contributed by atoms with Gasteiger partial charge in [-0.25, -0.2) is 8.42 Å². The number of halogens is 4. The van der Waals surface area contributed by atoms with Crippen molar-refractivity contribution in [3.63, 3.8) is 0 Å².